The van der Waals surface area contributed by atoms with Crippen molar-refractivity contribution in [1.29, 1.82) is 0 Å². The van der Waals surface area contributed by atoms with Gasteiger partial charge in [0.1, 0.15) is 5.02 Å². The van der Waals surface area contributed by atoms with Gasteiger partial charge in [0.25, 0.3) is 0 Å². The van der Waals surface area contributed by atoms with Gasteiger partial charge in [-0.25, -0.2) is 9.50 Å². The van der Waals surface area contributed by atoms with Crippen molar-refractivity contribution in [2.75, 3.05) is 0 Å². The van der Waals surface area contributed by atoms with Crippen molar-refractivity contribution in [1.82, 2.24) is 19.6 Å². The molecule has 0 bridgehead atoms. The number of pyridine rings is 1. The van der Waals surface area contributed by atoms with Gasteiger partial charge in [-0.1, -0.05) is 18.5 Å². The number of aromatic nitrogens is 4. The van der Waals surface area contributed by atoms with Gasteiger partial charge < -0.3 is 0 Å². The number of aryl methyl sites for hydroxylation is 1. The zero-order valence-corrected chi connectivity index (χ0v) is 10.6. The highest BCUT2D eigenvalue weighted by Gasteiger charge is 2.13. The topological polar surface area (TPSA) is 43.1 Å². The minimum absolute atomic E-state index is 0.628. The predicted molar refractivity (Wildman–Crippen MR) is 70.6 cm³/mol. The minimum Gasteiger partial charge on any atom is -0.264 e. The van der Waals surface area contributed by atoms with E-state index >= 15 is 0 Å². The molecule has 90 valence electrons. The number of fused-ring (bicyclic) bond motifs is 1. The summed E-state index contributed by atoms with van der Waals surface area (Å²) >= 11 is 6.26. The predicted octanol–water partition coefficient (Wildman–Crippen LogP) is 3.01. The SMILES string of the molecule is CCc1nn2c(-c3cccnc3)ccnc2c1Cl. The molecule has 0 aliphatic rings. The van der Waals surface area contributed by atoms with Crippen molar-refractivity contribution in [3.63, 3.8) is 0 Å². The third-order valence-electron chi connectivity index (χ3n) is 2.82. The van der Waals surface area contributed by atoms with Crippen LogP contribution in [0.15, 0.2) is 36.8 Å². The van der Waals surface area contributed by atoms with Crippen molar-refractivity contribution in [2.45, 2.75) is 13.3 Å². The molecule has 3 heterocycles. The Kier molecular flexibility index (Phi) is 2.72. The van der Waals surface area contributed by atoms with E-state index in [1.54, 1.807) is 23.1 Å². The lowest BCUT2D eigenvalue weighted by atomic mass is 10.2. The fraction of sp³-hybridized carbons (Fsp3) is 0.154. The maximum Gasteiger partial charge on any atom is 0.174 e. The van der Waals surface area contributed by atoms with Crippen LogP contribution in [0.1, 0.15) is 12.6 Å². The van der Waals surface area contributed by atoms with Gasteiger partial charge in [0.15, 0.2) is 5.65 Å². The van der Waals surface area contributed by atoms with Crippen LogP contribution in [-0.4, -0.2) is 19.6 Å². The van der Waals surface area contributed by atoms with Crippen molar-refractivity contribution in [3.05, 3.63) is 47.5 Å². The Hall–Kier alpha value is -1.94. The molecule has 3 rings (SSSR count). The lowest BCUT2D eigenvalue weighted by molar-refractivity contribution is 0.893. The smallest absolute Gasteiger partial charge is 0.174 e. The summed E-state index contributed by atoms with van der Waals surface area (Å²) in [5, 5.41) is 5.13. The van der Waals surface area contributed by atoms with Crippen molar-refractivity contribution >= 4 is 17.2 Å². The molecule has 0 aromatic carbocycles. The molecular weight excluding hydrogens is 248 g/mol. The van der Waals surface area contributed by atoms with Crippen LogP contribution in [0.4, 0.5) is 0 Å². The lowest BCUT2D eigenvalue weighted by Crippen LogP contribution is -1.96. The summed E-state index contributed by atoms with van der Waals surface area (Å²) in [7, 11) is 0. The highest BCUT2D eigenvalue weighted by Crippen LogP contribution is 2.25. The van der Waals surface area contributed by atoms with Gasteiger partial charge in [0.2, 0.25) is 0 Å². The third-order valence-corrected chi connectivity index (χ3v) is 3.21. The zero-order chi connectivity index (χ0) is 12.5. The van der Waals surface area contributed by atoms with Crippen molar-refractivity contribution < 1.29 is 0 Å². The van der Waals surface area contributed by atoms with Gasteiger partial charge >= 0.3 is 0 Å². The van der Waals surface area contributed by atoms with Crippen LogP contribution in [0.2, 0.25) is 5.02 Å². The number of halogens is 1. The largest absolute Gasteiger partial charge is 0.264 e. The second-order valence-electron chi connectivity index (χ2n) is 3.92. The van der Waals surface area contributed by atoms with Crippen LogP contribution >= 0.6 is 11.6 Å². The fourth-order valence-electron chi connectivity index (χ4n) is 1.92. The first-order chi connectivity index (χ1) is 8.81. The van der Waals surface area contributed by atoms with E-state index in [2.05, 4.69) is 15.1 Å². The molecule has 0 saturated heterocycles. The lowest BCUT2D eigenvalue weighted by Gasteiger charge is -2.03. The summed E-state index contributed by atoms with van der Waals surface area (Å²) in [6, 6.07) is 5.79. The van der Waals surface area contributed by atoms with Crippen molar-refractivity contribution in [2.24, 2.45) is 0 Å². The van der Waals surface area contributed by atoms with E-state index in [1.165, 1.54) is 0 Å². The second-order valence-corrected chi connectivity index (χ2v) is 4.30. The number of hydrogen-bond acceptors (Lipinski definition) is 3. The summed E-state index contributed by atoms with van der Waals surface area (Å²) in [5.74, 6) is 0. The van der Waals surface area contributed by atoms with Crippen LogP contribution in [0, 0.1) is 0 Å². The molecule has 0 amide bonds. The molecule has 0 spiro atoms. The molecule has 0 fully saturated rings. The Morgan fingerprint density at radius 2 is 2.17 bits per heavy atom. The first kappa shape index (κ1) is 11.2. The Morgan fingerprint density at radius 1 is 1.28 bits per heavy atom. The summed E-state index contributed by atoms with van der Waals surface area (Å²) in [6.07, 6.45) is 6.07. The Bertz CT molecular complexity index is 691. The maximum absolute atomic E-state index is 6.26. The molecule has 5 heteroatoms. The Morgan fingerprint density at radius 3 is 2.89 bits per heavy atom. The third kappa shape index (κ3) is 1.66. The maximum atomic E-state index is 6.26. The molecule has 0 aliphatic carbocycles. The van der Waals surface area contributed by atoms with E-state index < -0.39 is 0 Å². The normalized spacial score (nSPS) is 11.0. The first-order valence-electron chi connectivity index (χ1n) is 5.73. The highest BCUT2D eigenvalue weighted by atomic mass is 35.5. The minimum atomic E-state index is 0.628. The van der Waals surface area contributed by atoms with Crippen molar-refractivity contribution in [3.8, 4) is 11.3 Å². The van der Waals surface area contributed by atoms with Crippen LogP contribution in [0.3, 0.4) is 0 Å². The molecule has 3 aromatic heterocycles. The second kappa shape index (κ2) is 4.38. The number of rotatable bonds is 2. The van der Waals surface area contributed by atoms with E-state index in [4.69, 9.17) is 11.6 Å². The molecule has 0 saturated carbocycles. The van der Waals surface area contributed by atoms with E-state index in [0.29, 0.717) is 10.7 Å². The average Bonchev–Trinajstić information content (AvgIpc) is 2.77. The molecule has 0 radical (unpaired) electrons. The number of hydrogen-bond donors (Lipinski definition) is 0. The van der Waals surface area contributed by atoms with Crippen LogP contribution < -0.4 is 0 Å². The first-order valence-corrected chi connectivity index (χ1v) is 6.11. The van der Waals surface area contributed by atoms with E-state index in [9.17, 15) is 0 Å². The molecule has 0 unspecified atom stereocenters. The van der Waals surface area contributed by atoms with Gasteiger partial charge in [-0.15, -0.1) is 0 Å². The van der Waals surface area contributed by atoms with E-state index in [0.717, 1.165) is 23.4 Å². The summed E-state index contributed by atoms with van der Waals surface area (Å²) in [4.78, 5) is 8.41. The van der Waals surface area contributed by atoms with Crippen LogP contribution in [-0.2, 0) is 6.42 Å². The van der Waals surface area contributed by atoms with Gasteiger partial charge in [-0.3, -0.25) is 4.98 Å². The van der Waals surface area contributed by atoms with Gasteiger partial charge in [0.05, 0.1) is 11.4 Å². The Labute approximate surface area is 109 Å². The standard InChI is InChI=1S/C13H11ClN4/c1-2-10-12(14)13-16-7-5-11(18(13)17-10)9-4-3-6-15-8-9/h3-8H,2H2,1H3. The van der Waals surface area contributed by atoms with Gasteiger partial charge in [-0.05, 0) is 24.6 Å². The monoisotopic (exact) mass is 258 g/mol. The number of nitrogens with zero attached hydrogens (tertiary/aromatic N) is 4. The molecule has 0 atom stereocenters. The molecule has 4 nitrogen and oxygen atoms in total. The summed E-state index contributed by atoms with van der Waals surface area (Å²) in [5.41, 5.74) is 3.48. The molecule has 3 aromatic rings. The molecular formula is C13H11ClN4. The van der Waals surface area contributed by atoms with Gasteiger partial charge in [0, 0.05) is 24.2 Å². The highest BCUT2D eigenvalue weighted by molar-refractivity contribution is 6.34. The van der Waals surface area contributed by atoms with Gasteiger partial charge in [-0.2, -0.15) is 5.10 Å². The quantitative estimate of drug-likeness (QED) is 0.710. The molecule has 0 aliphatic heterocycles. The van der Waals surface area contributed by atoms with E-state index in [1.807, 2.05) is 25.1 Å². The summed E-state index contributed by atoms with van der Waals surface area (Å²) in [6.45, 7) is 2.03. The summed E-state index contributed by atoms with van der Waals surface area (Å²) < 4.78 is 1.78. The fourth-order valence-corrected chi connectivity index (χ4v) is 2.22. The zero-order valence-electron chi connectivity index (χ0n) is 9.84. The molecule has 0 N–H and O–H groups in total. The Balaban J connectivity index is 2.31. The van der Waals surface area contributed by atoms with E-state index in [-0.39, 0.29) is 0 Å². The van der Waals surface area contributed by atoms with Crippen LogP contribution in [0.25, 0.3) is 16.9 Å². The average molecular weight is 259 g/mol. The van der Waals surface area contributed by atoms with Crippen LogP contribution in [0.5, 0.6) is 0 Å². The molecule has 18 heavy (non-hydrogen) atoms.